The van der Waals surface area contributed by atoms with Gasteiger partial charge in [-0.05, 0) is 57.9 Å². The van der Waals surface area contributed by atoms with Crippen molar-refractivity contribution in [2.24, 2.45) is 11.8 Å². The quantitative estimate of drug-likeness (QED) is 0.673. The van der Waals surface area contributed by atoms with E-state index in [-0.39, 0.29) is 5.92 Å². The predicted molar refractivity (Wildman–Crippen MR) is 128 cm³/mol. The van der Waals surface area contributed by atoms with E-state index in [0.29, 0.717) is 41.8 Å². The molecular formula is C26H41N5O. The molecule has 3 saturated heterocycles. The second-order valence-electron chi connectivity index (χ2n) is 11.4. The summed E-state index contributed by atoms with van der Waals surface area (Å²) in [5, 5.41) is 0. The van der Waals surface area contributed by atoms with E-state index in [2.05, 4.69) is 40.9 Å². The molecule has 1 saturated carbocycles. The minimum absolute atomic E-state index is 0.183. The molecule has 2 unspecified atom stereocenters. The third-order valence-corrected chi connectivity index (χ3v) is 8.70. The van der Waals surface area contributed by atoms with Gasteiger partial charge in [0.2, 0.25) is 5.95 Å². The molecule has 0 aromatic carbocycles. The van der Waals surface area contributed by atoms with Crippen molar-refractivity contribution in [2.75, 3.05) is 31.1 Å². The molecule has 4 heterocycles. The molecule has 2 atom stereocenters. The van der Waals surface area contributed by atoms with Gasteiger partial charge in [-0.15, -0.1) is 0 Å². The summed E-state index contributed by atoms with van der Waals surface area (Å²) in [6.45, 7) is 13.2. The molecule has 1 aromatic rings. The fourth-order valence-electron chi connectivity index (χ4n) is 6.58. The standard InChI is InChI=1S/C26H41N5O/c1-17(2)25(32)19-5-7-22(8-6-19)30-13-21(14-30)20-11-27-26(28-12-20)31-23-9-10-24(31)16-29(15-23)18(3)4/h11-12,17-19,21-24H,5-10,13-16H2,1-4H3/t19-,22+,23?,24?. The van der Waals surface area contributed by atoms with Crippen molar-refractivity contribution in [2.45, 2.75) is 96.3 Å². The SMILES string of the molecule is CC(C)C(=O)[C@H]1CC[C@@H](N2CC(c3cnc(N4C5CCC4CN(C(C)C)C5)nc3)C2)CC1. The number of anilines is 1. The van der Waals surface area contributed by atoms with Crippen molar-refractivity contribution in [3.8, 4) is 0 Å². The van der Waals surface area contributed by atoms with Crippen molar-refractivity contribution in [1.29, 1.82) is 0 Å². The summed E-state index contributed by atoms with van der Waals surface area (Å²) >= 11 is 0. The lowest BCUT2D eigenvalue weighted by Gasteiger charge is -2.46. The minimum Gasteiger partial charge on any atom is -0.332 e. The average molecular weight is 440 g/mol. The number of carbonyl (C=O) groups is 1. The number of piperazine rings is 1. The highest BCUT2D eigenvalue weighted by Crippen LogP contribution is 2.37. The van der Waals surface area contributed by atoms with Crippen LogP contribution in [0, 0.1) is 11.8 Å². The van der Waals surface area contributed by atoms with E-state index >= 15 is 0 Å². The van der Waals surface area contributed by atoms with Crippen molar-refractivity contribution >= 4 is 11.7 Å². The number of nitrogens with zero attached hydrogens (tertiary/aromatic N) is 5. The Hall–Kier alpha value is -1.53. The van der Waals surface area contributed by atoms with Gasteiger partial charge in [-0.2, -0.15) is 0 Å². The zero-order chi connectivity index (χ0) is 22.4. The number of ketones is 1. The molecule has 2 bridgehead atoms. The van der Waals surface area contributed by atoms with Crippen LogP contribution < -0.4 is 4.90 Å². The maximum atomic E-state index is 12.3. The van der Waals surface area contributed by atoms with Gasteiger partial charge < -0.3 is 4.90 Å². The number of rotatable bonds is 6. The van der Waals surface area contributed by atoms with Gasteiger partial charge in [0.1, 0.15) is 5.78 Å². The van der Waals surface area contributed by atoms with E-state index in [1.54, 1.807) is 0 Å². The Balaban J connectivity index is 1.13. The Morgan fingerprint density at radius 3 is 1.94 bits per heavy atom. The van der Waals surface area contributed by atoms with Crippen LogP contribution in [0.4, 0.5) is 5.95 Å². The van der Waals surface area contributed by atoms with E-state index < -0.39 is 0 Å². The van der Waals surface area contributed by atoms with Gasteiger partial charge in [-0.1, -0.05) is 13.8 Å². The Bertz CT molecular complexity index is 781. The number of aromatic nitrogens is 2. The fraction of sp³-hybridized carbons (Fsp3) is 0.808. The number of fused-ring (bicyclic) bond motifs is 2. The van der Waals surface area contributed by atoms with Crippen LogP contribution in [0.3, 0.4) is 0 Å². The fourth-order valence-corrected chi connectivity index (χ4v) is 6.58. The van der Waals surface area contributed by atoms with Gasteiger partial charge in [0.05, 0.1) is 0 Å². The monoisotopic (exact) mass is 439 g/mol. The Morgan fingerprint density at radius 2 is 1.41 bits per heavy atom. The second-order valence-corrected chi connectivity index (χ2v) is 11.4. The number of carbonyl (C=O) groups excluding carboxylic acids is 1. The van der Waals surface area contributed by atoms with Gasteiger partial charge in [-0.25, -0.2) is 9.97 Å². The summed E-state index contributed by atoms with van der Waals surface area (Å²) in [5.74, 6) is 2.47. The van der Waals surface area contributed by atoms with E-state index in [1.165, 1.54) is 31.2 Å². The van der Waals surface area contributed by atoms with Crippen molar-refractivity contribution in [1.82, 2.24) is 19.8 Å². The van der Waals surface area contributed by atoms with Crippen LogP contribution in [0.5, 0.6) is 0 Å². The third-order valence-electron chi connectivity index (χ3n) is 8.70. The molecule has 0 spiro atoms. The first kappa shape index (κ1) is 22.3. The number of hydrogen-bond donors (Lipinski definition) is 0. The van der Waals surface area contributed by atoms with Gasteiger partial charge >= 0.3 is 0 Å². The lowest BCUT2D eigenvalue weighted by atomic mass is 9.78. The predicted octanol–water partition coefficient (Wildman–Crippen LogP) is 3.72. The van der Waals surface area contributed by atoms with Gasteiger partial charge in [-0.3, -0.25) is 14.6 Å². The van der Waals surface area contributed by atoms with Crippen LogP contribution in [0.25, 0.3) is 0 Å². The maximum absolute atomic E-state index is 12.3. The molecule has 32 heavy (non-hydrogen) atoms. The van der Waals surface area contributed by atoms with Gasteiger partial charge in [0, 0.05) is 80.5 Å². The lowest BCUT2D eigenvalue weighted by Crippen LogP contribution is -2.56. The third kappa shape index (κ3) is 4.21. The molecule has 6 heteroatoms. The van der Waals surface area contributed by atoms with Crippen molar-refractivity contribution in [3.63, 3.8) is 0 Å². The molecular weight excluding hydrogens is 398 g/mol. The topological polar surface area (TPSA) is 52.6 Å². The molecule has 4 fully saturated rings. The second kappa shape index (κ2) is 9.02. The molecule has 4 aliphatic rings. The largest absolute Gasteiger partial charge is 0.332 e. The zero-order valence-corrected chi connectivity index (χ0v) is 20.4. The molecule has 5 rings (SSSR count). The molecule has 1 aliphatic carbocycles. The number of hydrogen-bond acceptors (Lipinski definition) is 6. The van der Waals surface area contributed by atoms with Gasteiger partial charge in [0.25, 0.3) is 0 Å². The Kier molecular flexibility index (Phi) is 6.28. The molecule has 0 N–H and O–H groups in total. The summed E-state index contributed by atoms with van der Waals surface area (Å²) in [7, 11) is 0. The highest BCUT2D eigenvalue weighted by Gasteiger charge is 2.42. The van der Waals surface area contributed by atoms with E-state index in [4.69, 9.17) is 9.97 Å². The van der Waals surface area contributed by atoms with Crippen molar-refractivity contribution < 1.29 is 4.79 Å². The summed E-state index contributed by atoms with van der Waals surface area (Å²) < 4.78 is 0. The summed E-state index contributed by atoms with van der Waals surface area (Å²) in [6.07, 6.45) is 11.2. The zero-order valence-electron chi connectivity index (χ0n) is 20.4. The first-order valence-corrected chi connectivity index (χ1v) is 13.0. The summed E-state index contributed by atoms with van der Waals surface area (Å²) in [6, 6.07) is 2.42. The summed E-state index contributed by atoms with van der Waals surface area (Å²) in [4.78, 5) is 29.7. The van der Waals surface area contributed by atoms with Crippen LogP contribution in [0.2, 0.25) is 0 Å². The average Bonchev–Trinajstić information content (AvgIpc) is 3.02. The van der Waals surface area contributed by atoms with Crippen LogP contribution in [-0.4, -0.2) is 75.9 Å². The Labute approximate surface area is 193 Å². The molecule has 3 aliphatic heterocycles. The smallest absolute Gasteiger partial charge is 0.225 e. The Morgan fingerprint density at radius 1 is 0.844 bits per heavy atom. The van der Waals surface area contributed by atoms with E-state index in [9.17, 15) is 4.79 Å². The highest BCUT2D eigenvalue weighted by atomic mass is 16.1. The van der Waals surface area contributed by atoms with Crippen LogP contribution in [0.1, 0.15) is 77.7 Å². The number of Topliss-reactive ketones (excluding diaryl/α,β-unsaturated/α-hetero) is 1. The molecule has 6 nitrogen and oxygen atoms in total. The minimum atomic E-state index is 0.183. The van der Waals surface area contributed by atoms with Crippen LogP contribution in [0.15, 0.2) is 12.4 Å². The molecule has 176 valence electrons. The first-order chi connectivity index (χ1) is 15.4. The first-order valence-electron chi connectivity index (χ1n) is 13.0. The molecule has 0 radical (unpaired) electrons. The molecule has 0 amide bonds. The maximum Gasteiger partial charge on any atom is 0.225 e. The highest BCUT2D eigenvalue weighted by molar-refractivity contribution is 5.82. The summed E-state index contributed by atoms with van der Waals surface area (Å²) in [5.41, 5.74) is 1.29. The van der Waals surface area contributed by atoms with Crippen LogP contribution >= 0.6 is 0 Å². The number of likely N-dealkylation sites (tertiary alicyclic amines) is 2. The normalized spacial score (nSPS) is 32.0. The van der Waals surface area contributed by atoms with E-state index in [0.717, 1.165) is 45.0 Å². The van der Waals surface area contributed by atoms with Crippen molar-refractivity contribution in [3.05, 3.63) is 18.0 Å². The van der Waals surface area contributed by atoms with E-state index in [1.807, 2.05) is 13.8 Å². The van der Waals surface area contributed by atoms with Crippen LogP contribution in [-0.2, 0) is 4.79 Å². The lowest BCUT2D eigenvalue weighted by molar-refractivity contribution is -0.127. The molecule has 1 aromatic heterocycles. The van der Waals surface area contributed by atoms with Gasteiger partial charge in [0.15, 0.2) is 0 Å².